The number of phenolic OH excluding ortho intramolecular Hbond substituents is 1. The normalized spacial score (nSPS) is 24.5. The Kier molecular flexibility index (Phi) is 12.7. The molecular weight excluding hydrogens is 843 g/mol. The molecule has 3 unspecified atom stereocenters. The van der Waals surface area contributed by atoms with Gasteiger partial charge >= 0.3 is 0 Å². The van der Waals surface area contributed by atoms with E-state index < -0.39 is 17.5 Å². The molecule has 2 aromatic carbocycles. The Morgan fingerprint density at radius 2 is 1.55 bits per heavy atom. The molecule has 15 nitrogen and oxygen atoms in total. The van der Waals surface area contributed by atoms with Crippen LogP contribution in [0.5, 0.6) is 5.75 Å². The van der Waals surface area contributed by atoms with E-state index in [-0.39, 0.29) is 36.2 Å². The molecule has 1 aromatic heterocycles. The molecule has 6 fully saturated rings. The van der Waals surface area contributed by atoms with E-state index in [9.17, 15) is 19.5 Å². The Labute approximate surface area is 396 Å². The van der Waals surface area contributed by atoms with E-state index in [0.717, 1.165) is 61.8 Å². The number of piperazine rings is 1. The number of anilines is 2. The third-order valence-corrected chi connectivity index (χ3v) is 16.2. The van der Waals surface area contributed by atoms with E-state index in [4.69, 9.17) is 6.42 Å². The van der Waals surface area contributed by atoms with Gasteiger partial charge in [-0.15, -0.1) is 16.6 Å². The second-order valence-electron chi connectivity index (χ2n) is 21.7. The van der Waals surface area contributed by atoms with Crippen LogP contribution < -0.4 is 20.9 Å². The lowest BCUT2D eigenvalue weighted by Gasteiger charge is -2.61. The quantitative estimate of drug-likeness (QED) is 0.207. The minimum absolute atomic E-state index is 0.128. The number of aromatic hydroxyl groups is 1. The number of carbonyl (C=O) groups is 3. The number of rotatable bonds is 11. The van der Waals surface area contributed by atoms with E-state index in [1.165, 1.54) is 64.7 Å². The van der Waals surface area contributed by atoms with E-state index in [1.807, 2.05) is 63.2 Å². The van der Waals surface area contributed by atoms with Crippen molar-refractivity contribution in [1.29, 1.82) is 0 Å². The van der Waals surface area contributed by atoms with Crippen LogP contribution in [0.1, 0.15) is 83.3 Å². The van der Waals surface area contributed by atoms with Crippen molar-refractivity contribution in [3.8, 4) is 29.4 Å². The standard InChI is InChI=1S/C52H69N11O4/c1-5-35-12-14-36(15-13-35)30-53-49(66)42-10-8-20-63(42)50(67)47(51(2,3)4)55-46(65)32-58-33-52(34-58)28-39(29-52)60-23-16-37(17-24-60)59-21-18-38(19-22-59)61-25-26-62-43-27-41(40-9-6-7-11-44(40)64)56-57-48(43)54-45(62)31-61/h1,6-7,9,11-15,27,37-39,42,45,47,64H,8,10,16-26,28-34H2,2-4H3,(H,53,66)(H,54,57)(H,55,65). The number of terminal acetylenes is 1. The number of nitrogens with one attached hydrogen (secondary N) is 3. The fourth-order valence-electron chi connectivity index (χ4n) is 12.5. The summed E-state index contributed by atoms with van der Waals surface area (Å²) >= 11 is 0. The Balaban J connectivity index is 0.625. The van der Waals surface area contributed by atoms with E-state index >= 15 is 0 Å². The largest absolute Gasteiger partial charge is 0.507 e. The first-order valence-electron chi connectivity index (χ1n) is 24.9. The molecule has 1 saturated carbocycles. The maximum Gasteiger partial charge on any atom is 0.246 e. The average molecular weight is 912 g/mol. The maximum absolute atomic E-state index is 14.1. The van der Waals surface area contributed by atoms with Crippen molar-refractivity contribution in [1.82, 2.24) is 45.3 Å². The van der Waals surface area contributed by atoms with Crippen molar-refractivity contribution in [3.05, 3.63) is 65.7 Å². The summed E-state index contributed by atoms with van der Waals surface area (Å²) in [5.74, 6) is 3.17. The number of nitrogens with zero attached hydrogens (tertiary/aromatic N) is 8. The first-order chi connectivity index (χ1) is 32.3. The van der Waals surface area contributed by atoms with Crippen LogP contribution in [0.3, 0.4) is 0 Å². The number of carbonyl (C=O) groups excluding carboxylic acids is 3. The molecule has 7 aliphatic rings. The second-order valence-corrected chi connectivity index (χ2v) is 21.7. The first kappa shape index (κ1) is 45.5. The number of likely N-dealkylation sites (tertiary alicyclic amines) is 4. The van der Waals surface area contributed by atoms with Gasteiger partial charge in [-0.25, -0.2) is 0 Å². The van der Waals surface area contributed by atoms with Gasteiger partial charge in [0.15, 0.2) is 5.82 Å². The molecule has 6 aliphatic heterocycles. The highest BCUT2D eigenvalue weighted by atomic mass is 16.3. The van der Waals surface area contributed by atoms with Crippen molar-refractivity contribution in [3.63, 3.8) is 0 Å². The zero-order chi connectivity index (χ0) is 46.5. The first-order valence-corrected chi connectivity index (χ1v) is 24.9. The van der Waals surface area contributed by atoms with Gasteiger partial charge < -0.3 is 40.7 Å². The van der Waals surface area contributed by atoms with Gasteiger partial charge in [-0.3, -0.25) is 24.2 Å². The number of benzene rings is 2. The molecule has 3 amide bonds. The van der Waals surface area contributed by atoms with Gasteiger partial charge in [0.05, 0.1) is 17.9 Å². The van der Waals surface area contributed by atoms with Crippen LogP contribution in [0, 0.1) is 23.2 Å². The van der Waals surface area contributed by atoms with Crippen LogP contribution in [-0.4, -0.2) is 166 Å². The lowest BCUT2D eigenvalue weighted by atomic mass is 9.60. The van der Waals surface area contributed by atoms with Crippen molar-refractivity contribution in [2.75, 3.05) is 82.2 Å². The number of fused-ring (bicyclic) bond motifs is 3. The summed E-state index contributed by atoms with van der Waals surface area (Å²) in [5, 5.41) is 29.1. The summed E-state index contributed by atoms with van der Waals surface area (Å²) in [4.78, 5) is 55.5. The van der Waals surface area contributed by atoms with Crippen LogP contribution in [-0.2, 0) is 20.9 Å². The van der Waals surface area contributed by atoms with Crippen molar-refractivity contribution in [2.24, 2.45) is 10.8 Å². The fourth-order valence-corrected chi connectivity index (χ4v) is 12.5. The molecule has 7 heterocycles. The summed E-state index contributed by atoms with van der Waals surface area (Å²) in [6.07, 6.45) is 14.3. The zero-order valence-electron chi connectivity index (χ0n) is 39.6. The van der Waals surface area contributed by atoms with Crippen molar-refractivity contribution >= 4 is 29.2 Å². The number of piperidine rings is 2. The third kappa shape index (κ3) is 9.47. The third-order valence-electron chi connectivity index (χ3n) is 16.2. The number of hydrogen-bond donors (Lipinski definition) is 4. The van der Waals surface area contributed by atoms with Crippen molar-refractivity contribution in [2.45, 2.75) is 115 Å². The number of para-hydroxylation sites is 1. The number of amides is 3. The van der Waals surface area contributed by atoms with Gasteiger partial charge in [-0.05, 0) is 124 Å². The predicted octanol–water partition coefficient (Wildman–Crippen LogP) is 3.94. The van der Waals surface area contributed by atoms with Crippen LogP contribution in [0.25, 0.3) is 11.3 Å². The Hall–Kier alpha value is -5.27. The Bertz CT molecular complexity index is 2330. The summed E-state index contributed by atoms with van der Waals surface area (Å²) < 4.78 is 0. The summed E-state index contributed by atoms with van der Waals surface area (Å²) in [6.45, 7) is 16.6. The molecular formula is C52H69N11O4. The maximum atomic E-state index is 14.1. The Morgan fingerprint density at radius 3 is 2.24 bits per heavy atom. The molecule has 1 aliphatic carbocycles. The van der Waals surface area contributed by atoms with E-state index in [2.05, 4.69) is 62.6 Å². The van der Waals surface area contributed by atoms with Gasteiger partial charge in [-0.2, -0.15) is 0 Å². The van der Waals surface area contributed by atoms with E-state index in [1.54, 1.807) is 11.0 Å². The summed E-state index contributed by atoms with van der Waals surface area (Å²) in [5.41, 5.74) is 3.99. The molecule has 10 rings (SSSR count). The summed E-state index contributed by atoms with van der Waals surface area (Å²) in [6, 6.07) is 17.5. The SMILES string of the molecule is C#Cc1ccc(CNC(=O)C2CCCN2C(=O)C(NC(=O)CN2CC3(CC(N4CCC(N5CCC(N6CCN7c8cc(-c9ccccc9O)nnc8NC7C6)CC5)CC4)C3)C2)C(C)(C)C)cc1. The molecule has 356 valence electrons. The smallest absolute Gasteiger partial charge is 0.246 e. The molecule has 15 heteroatoms. The van der Waals surface area contributed by atoms with E-state index in [0.29, 0.717) is 54.3 Å². The second kappa shape index (κ2) is 18.7. The van der Waals surface area contributed by atoms with Gasteiger partial charge in [-0.1, -0.05) is 51.0 Å². The monoisotopic (exact) mass is 912 g/mol. The predicted molar refractivity (Wildman–Crippen MR) is 259 cm³/mol. The lowest BCUT2D eigenvalue weighted by molar-refractivity contribution is -0.146. The highest BCUT2D eigenvalue weighted by Gasteiger charge is 2.54. The van der Waals surface area contributed by atoms with Crippen LogP contribution in [0.2, 0.25) is 0 Å². The minimum Gasteiger partial charge on any atom is -0.507 e. The van der Waals surface area contributed by atoms with Crippen LogP contribution in [0.15, 0.2) is 54.6 Å². The number of aromatic nitrogens is 2. The topological polar surface area (TPSA) is 153 Å². The zero-order valence-corrected chi connectivity index (χ0v) is 39.6. The van der Waals surface area contributed by atoms with Crippen LogP contribution in [0.4, 0.5) is 11.5 Å². The number of hydrogen-bond acceptors (Lipinski definition) is 12. The van der Waals surface area contributed by atoms with Gasteiger partial charge in [0.1, 0.15) is 24.0 Å². The summed E-state index contributed by atoms with van der Waals surface area (Å²) in [7, 11) is 0. The highest BCUT2D eigenvalue weighted by Crippen LogP contribution is 2.50. The molecule has 67 heavy (non-hydrogen) atoms. The highest BCUT2D eigenvalue weighted by molar-refractivity contribution is 5.93. The molecule has 0 bridgehead atoms. The molecule has 3 atom stereocenters. The molecule has 0 radical (unpaired) electrons. The minimum atomic E-state index is -0.726. The van der Waals surface area contributed by atoms with Gasteiger partial charge in [0, 0.05) is 75.1 Å². The lowest BCUT2D eigenvalue weighted by Crippen LogP contribution is -2.68. The van der Waals surface area contributed by atoms with Gasteiger partial charge in [0.25, 0.3) is 0 Å². The molecule has 1 spiro atoms. The molecule has 3 aromatic rings. The van der Waals surface area contributed by atoms with Gasteiger partial charge in [0.2, 0.25) is 17.7 Å². The Morgan fingerprint density at radius 1 is 0.866 bits per heavy atom. The molecule has 5 saturated heterocycles. The van der Waals surface area contributed by atoms with Crippen molar-refractivity contribution < 1.29 is 19.5 Å². The number of phenols is 1. The average Bonchev–Trinajstić information content (AvgIpc) is 3.95. The fraction of sp³-hybridized carbons (Fsp3) is 0.596. The van der Waals surface area contributed by atoms with Crippen LogP contribution >= 0.6 is 0 Å². The molecule has 4 N–H and O–H groups in total.